The third kappa shape index (κ3) is 6.48. The number of carbonyl (C=O) groups is 2. The normalized spacial score (nSPS) is 13.6. The van der Waals surface area contributed by atoms with Gasteiger partial charge in [-0.15, -0.1) is 0 Å². The molecule has 2 N–H and O–H groups in total. The first-order chi connectivity index (χ1) is 23.0. The standard InChI is InChI=1S/C38H41FN6O3/c1-24-22-44(35-13-11-29(39)20-32(24)35)31-18-26(17-30(21-31)43-15-6-7-16-43)23-45-34(27-9-8-10-28(19-27)37(47)42(4)5)14-12-33(38(45)48)41-36(46)25(2)40-3/h8-14,17-22,25,40H,6-7,15-16,23H2,1-5H3,(H,41,46). The zero-order valence-corrected chi connectivity index (χ0v) is 28.0. The van der Waals surface area contributed by atoms with Crippen molar-refractivity contribution in [3.8, 4) is 16.9 Å². The molecule has 1 saturated heterocycles. The molecule has 248 valence electrons. The number of likely N-dealkylation sites (N-methyl/N-ethyl adjacent to an activating group) is 1. The number of nitrogens with one attached hydrogen (secondary N) is 2. The summed E-state index contributed by atoms with van der Waals surface area (Å²) in [5.41, 5.74) is 6.29. The fourth-order valence-corrected chi connectivity index (χ4v) is 6.33. The van der Waals surface area contributed by atoms with Crippen LogP contribution < -0.4 is 21.1 Å². The van der Waals surface area contributed by atoms with Gasteiger partial charge in [-0.3, -0.25) is 14.4 Å². The Labute approximate surface area is 279 Å². The van der Waals surface area contributed by atoms with E-state index in [-0.39, 0.29) is 35.4 Å². The number of aromatic nitrogens is 2. The number of halogens is 1. The summed E-state index contributed by atoms with van der Waals surface area (Å²) in [4.78, 5) is 43.8. The van der Waals surface area contributed by atoms with Gasteiger partial charge >= 0.3 is 0 Å². The minimum absolute atomic E-state index is 0.146. The van der Waals surface area contributed by atoms with E-state index in [0.29, 0.717) is 16.8 Å². The van der Waals surface area contributed by atoms with Gasteiger partial charge in [0.25, 0.3) is 11.5 Å². The van der Waals surface area contributed by atoms with Crippen LogP contribution in [0.15, 0.2) is 83.8 Å². The Morgan fingerprint density at radius 1 is 0.958 bits per heavy atom. The number of carbonyl (C=O) groups excluding carboxylic acids is 2. The maximum atomic E-state index is 14.2. The Morgan fingerprint density at radius 2 is 1.71 bits per heavy atom. The molecule has 2 amide bonds. The molecule has 1 aliphatic rings. The quantitative estimate of drug-likeness (QED) is 0.211. The number of pyridine rings is 1. The van der Waals surface area contributed by atoms with E-state index in [2.05, 4.69) is 38.3 Å². The van der Waals surface area contributed by atoms with Gasteiger partial charge in [0, 0.05) is 55.7 Å². The first-order valence-electron chi connectivity index (χ1n) is 16.2. The Morgan fingerprint density at radius 3 is 2.44 bits per heavy atom. The molecule has 9 nitrogen and oxygen atoms in total. The number of hydrogen-bond acceptors (Lipinski definition) is 5. The zero-order chi connectivity index (χ0) is 34.1. The summed E-state index contributed by atoms with van der Waals surface area (Å²) in [5, 5.41) is 6.54. The van der Waals surface area contributed by atoms with Crippen LogP contribution in [-0.2, 0) is 11.3 Å². The second-order valence-electron chi connectivity index (χ2n) is 12.7. The van der Waals surface area contributed by atoms with Crippen LogP contribution in [-0.4, -0.2) is 66.1 Å². The molecule has 1 aliphatic heterocycles. The molecular weight excluding hydrogens is 607 g/mol. The smallest absolute Gasteiger partial charge is 0.275 e. The van der Waals surface area contributed by atoms with Crippen molar-refractivity contribution < 1.29 is 14.0 Å². The molecule has 1 unspecified atom stereocenters. The minimum Gasteiger partial charge on any atom is -0.371 e. The highest BCUT2D eigenvalue weighted by Gasteiger charge is 2.20. The lowest BCUT2D eigenvalue weighted by atomic mass is 10.0. The molecule has 2 aromatic heterocycles. The molecule has 0 bridgehead atoms. The summed E-state index contributed by atoms with van der Waals surface area (Å²) in [7, 11) is 5.08. The summed E-state index contributed by atoms with van der Waals surface area (Å²) in [5.74, 6) is -0.751. The van der Waals surface area contributed by atoms with Crippen LogP contribution in [0.3, 0.4) is 0 Å². The lowest BCUT2D eigenvalue weighted by Gasteiger charge is -2.22. The number of amides is 2. The SMILES string of the molecule is CNC(C)C(=O)Nc1ccc(-c2cccc(C(=O)N(C)C)c2)n(Cc2cc(N3CCCC3)cc(-n3cc(C)c4cc(F)ccc43)c2)c1=O. The summed E-state index contributed by atoms with van der Waals surface area (Å²) < 4.78 is 17.9. The maximum absolute atomic E-state index is 14.2. The summed E-state index contributed by atoms with van der Waals surface area (Å²) >= 11 is 0. The number of rotatable bonds is 9. The highest BCUT2D eigenvalue weighted by Crippen LogP contribution is 2.31. The van der Waals surface area contributed by atoms with Gasteiger partial charge in [-0.25, -0.2) is 4.39 Å². The van der Waals surface area contributed by atoms with Crippen molar-refractivity contribution in [2.45, 2.75) is 39.3 Å². The van der Waals surface area contributed by atoms with E-state index in [9.17, 15) is 18.8 Å². The van der Waals surface area contributed by atoms with E-state index >= 15 is 0 Å². The van der Waals surface area contributed by atoms with Crippen LogP contribution >= 0.6 is 0 Å². The fourth-order valence-electron chi connectivity index (χ4n) is 6.33. The predicted octanol–water partition coefficient (Wildman–Crippen LogP) is 5.80. The van der Waals surface area contributed by atoms with Crippen molar-refractivity contribution >= 4 is 34.1 Å². The van der Waals surface area contributed by atoms with Gasteiger partial charge in [-0.05, 0) is 111 Å². The summed E-state index contributed by atoms with van der Waals surface area (Å²) in [6, 6.07) is 21.3. The van der Waals surface area contributed by atoms with Crippen molar-refractivity contribution in [3.63, 3.8) is 0 Å². The van der Waals surface area contributed by atoms with Crippen LogP contribution in [0.4, 0.5) is 15.8 Å². The van der Waals surface area contributed by atoms with E-state index in [1.54, 1.807) is 69.0 Å². The monoisotopic (exact) mass is 648 g/mol. The van der Waals surface area contributed by atoms with E-state index < -0.39 is 6.04 Å². The number of anilines is 2. The van der Waals surface area contributed by atoms with E-state index in [4.69, 9.17) is 0 Å². The molecular formula is C38H41FN6O3. The molecule has 3 aromatic carbocycles. The molecule has 0 radical (unpaired) electrons. The predicted molar refractivity (Wildman–Crippen MR) is 190 cm³/mol. The van der Waals surface area contributed by atoms with Gasteiger partial charge in [-0.1, -0.05) is 12.1 Å². The molecule has 48 heavy (non-hydrogen) atoms. The van der Waals surface area contributed by atoms with E-state index in [1.165, 1.54) is 11.0 Å². The van der Waals surface area contributed by atoms with E-state index in [1.807, 2.05) is 25.3 Å². The average Bonchev–Trinajstić information content (AvgIpc) is 3.74. The van der Waals surface area contributed by atoms with Gasteiger partial charge in [0.05, 0.1) is 23.8 Å². The van der Waals surface area contributed by atoms with E-state index in [0.717, 1.165) is 59.3 Å². The van der Waals surface area contributed by atoms with Crippen molar-refractivity contribution in [2.75, 3.05) is 44.4 Å². The molecule has 0 aliphatic carbocycles. The minimum atomic E-state index is -0.501. The zero-order valence-electron chi connectivity index (χ0n) is 28.0. The van der Waals surface area contributed by atoms with Crippen LogP contribution in [0.5, 0.6) is 0 Å². The molecule has 5 aromatic rings. The van der Waals surface area contributed by atoms with Gasteiger partial charge in [0.2, 0.25) is 5.91 Å². The highest BCUT2D eigenvalue weighted by atomic mass is 19.1. The van der Waals surface area contributed by atoms with Crippen LogP contribution in [0, 0.1) is 12.7 Å². The average molecular weight is 649 g/mol. The van der Waals surface area contributed by atoms with Crippen molar-refractivity contribution in [3.05, 3.63) is 112 Å². The summed E-state index contributed by atoms with van der Waals surface area (Å²) in [6.45, 7) is 5.76. The molecule has 0 spiro atoms. The molecule has 1 atom stereocenters. The second-order valence-corrected chi connectivity index (χ2v) is 12.7. The van der Waals surface area contributed by atoms with Crippen molar-refractivity contribution in [1.82, 2.24) is 19.4 Å². The Bertz CT molecular complexity index is 2080. The number of nitrogens with zero attached hydrogens (tertiary/aromatic N) is 4. The lowest BCUT2D eigenvalue weighted by molar-refractivity contribution is -0.117. The Balaban J connectivity index is 1.51. The number of aryl methyl sites for hydroxylation is 1. The van der Waals surface area contributed by atoms with Crippen LogP contribution in [0.2, 0.25) is 0 Å². The summed E-state index contributed by atoms with van der Waals surface area (Å²) in [6.07, 6.45) is 4.21. The molecule has 0 saturated carbocycles. The highest BCUT2D eigenvalue weighted by molar-refractivity contribution is 5.96. The van der Waals surface area contributed by atoms with Crippen LogP contribution in [0.1, 0.15) is 41.3 Å². The number of benzene rings is 3. The largest absolute Gasteiger partial charge is 0.371 e. The van der Waals surface area contributed by atoms with Crippen LogP contribution in [0.25, 0.3) is 27.8 Å². The third-order valence-electron chi connectivity index (χ3n) is 9.09. The number of hydrogen-bond donors (Lipinski definition) is 2. The first kappa shape index (κ1) is 32.7. The molecule has 1 fully saturated rings. The van der Waals surface area contributed by atoms with Gasteiger partial charge < -0.3 is 29.6 Å². The first-order valence-corrected chi connectivity index (χ1v) is 16.2. The molecule has 6 rings (SSSR count). The topological polar surface area (TPSA) is 91.6 Å². The van der Waals surface area contributed by atoms with Crippen molar-refractivity contribution in [2.24, 2.45) is 0 Å². The lowest BCUT2D eigenvalue weighted by Crippen LogP contribution is -2.37. The fraction of sp³-hybridized carbons (Fsp3) is 0.289. The molecule has 10 heteroatoms. The molecule has 3 heterocycles. The van der Waals surface area contributed by atoms with Gasteiger partial charge in [0.1, 0.15) is 11.5 Å². The maximum Gasteiger partial charge on any atom is 0.275 e. The van der Waals surface area contributed by atoms with Gasteiger partial charge in [-0.2, -0.15) is 0 Å². The third-order valence-corrected chi connectivity index (χ3v) is 9.09. The number of fused-ring (bicyclic) bond motifs is 1. The van der Waals surface area contributed by atoms with Gasteiger partial charge in [0.15, 0.2) is 0 Å². The Hall–Kier alpha value is -5.22. The van der Waals surface area contributed by atoms with Crippen molar-refractivity contribution in [1.29, 1.82) is 0 Å². The second kappa shape index (κ2) is 13.5. The Kier molecular flexibility index (Phi) is 9.19.